The Balaban J connectivity index is 0.00000274. The molecule has 2 fully saturated rings. The summed E-state index contributed by atoms with van der Waals surface area (Å²) in [5.41, 5.74) is 5.82. The Kier molecular flexibility index (Phi) is 12.1. The van der Waals surface area contributed by atoms with Crippen LogP contribution in [-0.2, 0) is 9.53 Å². The van der Waals surface area contributed by atoms with Crippen LogP contribution in [-0.4, -0.2) is 37.2 Å². The molecular formula is C34H57NO3. The van der Waals surface area contributed by atoms with Gasteiger partial charge in [-0.2, -0.15) is 0 Å². The number of hydrogen-bond donors (Lipinski definition) is 1. The molecule has 1 aromatic carbocycles. The zero-order valence-corrected chi connectivity index (χ0v) is 20.5. The van der Waals surface area contributed by atoms with Gasteiger partial charge in [-0.25, -0.2) is 0 Å². The molecule has 3 aliphatic carbocycles. The van der Waals surface area contributed by atoms with Gasteiger partial charge in [0.05, 0.1) is 12.2 Å². The summed E-state index contributed by atoms with van der Waals surface area (Å²) in [5.74, 6) is 0.938. The Morgan fingerprint density at radius 3 is 2.24 bits per heavy atom. The standard InChI is InChI=1S/C29H37NO3.5CH4/c1-18(2)29(32)15-14-25-24-12-8-20-16-22(31)11-13-23(20)26(24)27(33-17-28(25,29)3)19-6-9-21(10-7-19)30(4)5;;;;;/h6-7,9-10,16,24-25,27,32H,1,8,11-15,17H2,2-5H3;5*1H4/t24?,25?,27-,28+,29-;;;;;/m1...../s1. The van der Waals surface area contributed by atoms with Gasteiger partial charge in [0.1, 0.15) is 6.10 Å². The molecule has 4 aliphatic rings. The average Bonchev–Trinajstić information content (AvgIpc) is 2.97. The number of hydrogen-bond acceptors (Lipinski definition) is 4. The predicted octanol–water partition coefficient (Wildman–Crippen LogP) is 8.72. The lowest BCUT2D eigenvalue weighted by atomic mass is 9.61. The van der Waals surface area contributed by atoms with Crippen molar-refractivity contribution in [3.8, 4) is 0 Å². The number of benzene rings is 1. The van der Waals surface area contributed by atoms with E-state index in [0.29, 0.717) is 24.9 Å². The maximum atomic E-state index is 12.2. The Bertz CT molecular complexity index is 1050. The largest absolute Gasteiger partial charge is 0.385 e. The monoisotopic (exact) mass is 527 g/mol. The minimum atomic E-state index is -0.907. The number of fused-ring (bicyclic) bond motifs is 4. The normalized spacial score (nSPS) is 31.1. The van der Waals surface area contributed by atoms with Crippen LogP contribution in [0.3, 0.4) is 0 Å². The predicted molar refractivity (Wildman–Crippen MR) is 166 cm³/mol. The van der Waals surface area contributed by atoms with E-state index in [1.807, 2.05) is 13.0 Å². The van der Waals surface area contributed by atoms with Gasteiger partial charge >= 0.3 is 0 Å². The smallest absolute Gasteiger partial charge is 0.156 e. The molecule has 0 amide bonds. The second kappa shape index (κ2) is 12.8. The van der Waals surface area contributed by atoms with E-state index in [9.17, 15) is 9.90 Å². The van der Waals surface area contributed by atoms with Gasteiger partial charge in [-0.3, -0.25) is 4.79 Å². The lowest BCUT2D eigenvalue weighted by molar-refractivity contribution is -0.114. The van der Waals surface area contributed by atoms with Gasteiger partial charge in [-0.05, 0) is 96.9 Å². The first-order valence-corrected chi connectivity index (χ1v) is 12.4. The van der Waals surface area contributed by atoms with Crippen LogP contribution in [0.4, 0.5) is 5.69 Å². The molecule has 1 heterocycles. The second-order valence-electron chi connectivity index (χ2n) is 11.1. The molecule has 5 rings (SSSR count). The van der Waals surface area contributed by atoms with Crippen LogP contribution in [0.1, 0.15) is 101 Å². The van der Waals surface area contributed by atoms with Gasteiger partial charge < -0.3 is 14.7 Å². The zero-order chi connectivity index (χ0) is 23.5. The fourth-order valence-electron chi connectivity index (χ4n) is 7.19. The molecule has 0 radical (unpaired) electrons. The van der Waals surface area contributed by atoms with Crippen LogP contribution in [0.5, 0.6) is 0 Å². The van der Waals surface area contributed by atoms with Crippen molar-refractivity contribution in [2.24, 2.45) is 17.3 Å². The number of anilines is 1. The third kappa shape index (κ3) is 5.31. The first kappa shape index (κ1) is 35.8. The molecule has 1 saturated carbocycles. The number of aliphatic hydroxyl groups is 1. The van der Waals surface area contributed by atoms with E-state index in [2.05, 4.69) is 56.8 Å². The maximum Gasteiger partial charge on any atom is 0.156 e. The molecule has 4 heteroatoms. The maximum absolute atomic E-state index is 12.2. The molecule has 1 aliphatic heterocycles. The van der Waals surface area contributed by atoms with Crippen LogP contribution in [0.25, 0.3) is 0 Å². The molecule has 1 N–H and O–H groups in total. The van der Waals surface area contributed by atoms with E-state index < -0.39 is 5.60 Å². The van der Waals surface area contributed by atoms with Crippen molar-refractivity contribution in [2.45, 2.75) is 101 Å². The quantitative estimate of drug-likeness (QED) is 0.399. The van der Waals surface area contributed by atoms with Gasteiger partial charge in [-0.15, -0.1) is 0 Å². The van der Waals surface area contributed by atoms with Gasteiger partial charge in [0, 0.05) is 31.6 Å². The van der Waals surface area contributed by atoms with Gasteiger partial charge in [0.15, 0.2) is 5.78 Å². The Morgan fingerprint density at radius 2 is 1.66 bits per heavy atom. The molecule has 4 nitrogen and oxygen atoms in total. The highest BCUT2D eigenvalue weighted by Gasteiger charge is 2.61. The van der Waals surface area contributed by atoms with Crippen molar-refractivity contribution in [1.29, 1.82) is 0 Å². The topological polar surface area (TPSA) is 49.8 Å². The third-order valence-corrected chi connectivity index (χ3v) is 9.13. The van der Waals surface area contributed by atoms with Crippen molar-refractivity contribution in [2.75, 3.05) is 25.6 Å². The first-order chi connectivity index (χ1) is 15.7. The summed E-state index contributed by atoms with van der Waals surface area (Å²) in [4.78, 5) is 14.3. The lowest BCUT2D eigenvalue weighted by Gasteiger charge is -2.45. The van der Waals surface area contributed by atoms with Gasteiger partial charge in [0.25, 0.3) is 0 Å². The fourth-order valence-corrected chi connectivity index (χ4v) is 7.19. The molecule has 216 valence electrons. The highest BCUT2D eigenvalue weighted by Crippen LogP contribution is 2.63. The highest BCUT2D eigenvalue weighted by molar-refractivity contribution is 5.93. The van der Waals surface area contributed by atoms with E-state index in [4.69, 9.17) is 4.74 Å². The molecule has 1 saturated heterocycles. The van der Waals surface area contributed by atoms with Crippen molar-refractivity contribution in [3.05, 3.63) is 64.8 Å². The lowest BCUT2D eigenvalue weighted by Crippen LogP contribution is -2.49. The number of nitrogens with zero attached hydrogens (tertiary/aromatic N) is 1. The van der Waals surface area contributed by atoms with E-state index >= 15 is 0 Å². The molecule has 0 aromatic heterocycles. The number of ether oxygens (including phenoxy) is 1. The number of ketones is 1. The van der Waals surface area contributed by atoms with Crippen molar-refractivity contribution >= 4 is 11.5 Å². The van der Waals surface area contributed by atoms with Crippen molar-refractivity contribution in [3.63, 3.8) is 0 Å². The number of carbonyl (C=O) groups excluding carboxylic acids is 1. The molecule has 38 heavy (non-hydrogen) atoms. The Hall–Kier alpha value is -2.17. The molecule has 5 atom stereocenters. The van der Waals surface area contributed by atoms with Crippen LogP contribution < -0.4 is 4.90 Å². The molecule has 1 aromatic rings. The van der Waals surface area contributed by atoms with Crippen LogP contribution in [0.2, 0.25) is 0 Å². The van der Waals surface area contributed by atoms with E-state index in [0.717, 1.165) is 48.9 Å². The van der Waals surface area contributed by atoms with E-state index in [-0.39, 0.29) is 54.4 Å². The SMILES string of the molecule is C.C.C.C.C.C=C(C)[C@]1(O)CCC2C3CCC4=CC(=O)CCC4=C3[C@@H](c3ccc(N(C)C)cc3)OC[C@@]21C. The minimum Gasteiger partial charge on any atom is -0.385 e. The van der Waals surface area contributed by atoms with Crippen molar-refractivity contribution in [1.82, 2.24) is 0 Å². The molecule has 0 spiro atoms. The third-order valence-electron chi connectivity index (χ3n) is 9.13. The second-order valence-corrected chi connectivity index (χ2v) is 11.1. The zero-order valence-electron chi connectivity index (χ0n) is 20.5. The number of rotatable bonds is 3. The van der Waals surface area contributed by atoms with Gasteiger partial charge in [0.2, 0.25) is 0 Å². The molecular weight excluding hydrogens is 470 g/mol. The highest BCUT2D eigenvalue weighted by atomic mass is 16.5. The Labute approximate surface area is 234 Å². The molecule has 0 bridgehead atoms. The van der Waals surface area contributed by atoms with Crippen LogP contribution in [0, 0.1) is 17.3 Å². The summed E-state index contributed by atoms with van der Waals surface area (Å²) in [6.07, 6.45) is 6.82. The summed E-state index contributed by atoms with van der Waals surface area (Å²) in [7, 11) is 4.10. The van der Waals surface area contributed by atoms with Crippen molar-refractivity contribution < 1.29 is 14.6 Å². The summed E-state index contributed by atoms with van der Waals surface area (Å²) in [5, 5.41) is 11.8. The minimum absolute atomic E-state index is 0. The van der Waals surface area contributed by atoms with E-state index in [1.54, 1.807) is 0 Å². The fraction of sp³-hybridized carbons (Fsp3) is 0.618. The average molecular weight is 528 g/mol. The van der Waals surface area contributed by atoms with Crippen LogP contribution in [0.15, 0.2) is 59.2 Å². The summed E-state index contributed by atoms with van der Waals surface area (Å²) >= 11 is 0. The number of carbonyl (C=O) groups is 1. The van der Waals surface area contributed by atoms with E-state index in [1.165, 1.54) is 16.7 Å². The van der Waals surface area contributed by atoms with Gasteiger partial charge in [-0.1, -0.05) is 62.8 Å². The first-order valence-electron chi connectivity index (χ1n) is 12.4. The number of allylic oxidation sites excluding steroid dienone is 3. The summed E-state index contributed by atoms with van der Waals surface area (Å²) in [6.45, 7) is 8.87. The summed E-state index contributed by atoms with van der Waals surface area (Å²) < 4.78 is 6.81. The Morgan fingerprint density at radius 1 is 1.03 bits per heavy atom. The van der Waals surface area contributed by atoms with Crippen LogP contribution >= 0.6 is 0 Å². The molecule has 2 unspecified atom stereocenters. The summed E-state index contributed by atoms with van der Waals surface area (Å²) in [6, 6.07) is 8.68.